The van der Waals surface area contributed by atoms with Gasteiger partial charge in [-0.15, -0.1) is 0 Å². The van der Waals surface area contributed by atoms with Crippen molar-refractivity contribution in [2.24, 2.45) is 0 Å². The molecule has 1 fully saturated rings. The lowest BCUT2D eigenvalue weighted by molar-refractivity contribution is 0.0844. The van der Waals surface area contributed by atoms with E-state index in [1.807, 2.05) is 29.1 Å². The van der Waals surface area contributed by atoms with E-state index in [-0.39, 0.29) is 5.04 Å². The van der Waals surface area contributed by atoms with Gasteiger partial charge < -0.3 is 28.8 Å². The first-order chi connectivity index (χ1) is 21.4. The molecule has 3 aromatic rings. The van der Waals surface area contributed by atoms with Crippen LogP contribution in [-0.2, 0) is 19.4 Å². The lowest BCUT2D eigenvalue weighted by Crippen LogP contribution is -2.46. The van der Waals surface area contributed by atoms with Gasteiger partial charge in [-0.3, -0.25) is 0 Å². The molecule has 4 heterocycles. The van der Waals surface area contributed by atoms with Crippen LogP contribution < -0.4 is 14.9 Å². The summed E-state index contributed by atoms with van der Waals surface area (Å²) < 4.78 is 17.8. The van der Waals surface area contributed by atoms with Crippen molar-refractivity contribution in [3.63, 3.8) is 0 Å². The summed E-state index contributed by atoms with van der Waals surface area (Å²) >= 11 is 0. The molecule has 235 valence electrons. The van der Waals surface area contributed by atoms with Crippen LogP contribution >= 0.6 is 0 Å². The first-order valence-electron chi connectivity index (χ1n) is 15.4. The molecule has 0 bridgehead atoms. The van der Waals surface area contributed by atoms with Crippen LogP contribution in [0.1, 0.15) is 63.3 Å². The van der Waals surface area contributed by atoms with Crippen molar-refractivity contribution in [1.82, 2.24) is 15.0 Å². The molecule has 0 aliphatic carbocycles. The van der Waals surface area contributed by atoms with Crippen LogP contribution in [0.25, 0.3) is 11.3 Å². The molecule has 45 heavy (non-hydrogen) atoms. The normalized spacial score (nSPS) is 18.7. The second-order valence-electron chi connectivity index (χ2n) is 13.6. The van der Waals surface area contributed by atoms with E-state index in [0.717, 1.165) is 54.7 Å². The van der Waals surface area contributed by atoms with Crippen molar-refractivity contribution < 1.29 is 18.7 Å². The zero-order valence-corrected chi connectivity index (χ0v) is 28.3. The Kier molecular flexibility index (Phi) is 9.35. The average molecular weight is 626 g/mol. The van der Waals surface area contributed by atoms with Crippen molar-refractivity contribution >= 4 is 39.2 Å². The number of anilines is 3. The van der Waals surface area contributed by atoms with Crippen LogP contribution in [0.5, 0.6) is 5.88 Å². The standard InChI is InChI=1S/C33H42BN6O4Si/c1-32(2,3)45(6,7)44-20-33(4)19-40(34-21-41)29-24(18-35)16-23(17-25(29)33)27-10-13-36-31(38-27)39-28-9-8-26(37-30(28)42-5)22-11-14-43-15-12-22/h8-10,13,16-17,21-22H,11-12,14-15,19-20H2,1-7H3,(H,36,38,39)/t33-/m1/s1. The molecule has 2 aliphatic heterocycles. The van der Waals surface area contributed by atoms with E-state index in [0.29, 0.717) is 47.8 Å². The highest BCUT2D eigenvalue weighted by Crippen LogP contribution is 2.46. The largest absolute Gasteiger partial charge is 0.480 e. The van der Waals surface area contributed by atoms with E-state index in [1.54, 1.807) is 13.3 Å². The van der Waals surface area contributed by atoms with Gasteiger partial charge in [0.2, 0.25) is 11.8 Å². The van der Waals surface area contributed by atoms with Crippen molar-refractivity contribution in [2.75, 3.05) is 43.6 Å². The molecule has 2 aromatic heterocycles. The zero-order valence-electron chi connectivity index (χ0n) is 27.3. The number of nitrogens with one attached hydrogen (secondary N) is 1. The van der Waals surface area contributed by atoms with Crippen molar-refractivity contribution in [3.05, 3.63) is 53.3 Å². The van der Waals surface area contributed by atoms with Gasteiger partial charge in [0.25, 0.3) is 0 Å². The maximum atomic E-state index is 11.6. The van der Waals surface area contributed by atoms with Gasteiger partial charge >= 0.3 is 7.41 Å². The molecule has 1 atom stereocenters. The Hall–Kier alpha value is -3.79. The second-order valence-corrected chi connectivity index (χ2v) is 18.4. The maximum absolute atomic E-state index is 11.6. The summed E-state index contributed by atoms with van der Waals surface area (Å²) in [5.74, 6) is 1.19. The second kappa shape index (κ2) is 12.9. The smallest absolute Gasteiger partial charge is 0.329 e. The summed E-state index contributed by atoms with van der Waals surface area (Å²) in [5, 5.41) is 13.6. The van der Waals surface area contributed by atoms with Crippen LogP contribution in [0, 0.1) is 11.3 Å². The van der Waals surface area contributed by atoms with Gasteiger partial charge in [0.15, 0.2) is 8.32 Å². The lowest BCUT2D eigenvalue weighted by atomic mass is 9.83. The van der Waals surface area contributed by atoms with Gasteiger partial charge in [0, 0.05) is 60.8 Å². The van der Waals surface area contributed by atoms with Crippen LogP contribution in [0.15, 0.2) is 36.5 Å². The Morgan fingerprint density at radius 2 is 1.98 bits per heavy atom. The van der Waals surface area contributed by atoms with Gasteiger partial charge in [-0.1, -0.05) is 27.7 Å². The quantitative estimate of drug-likeness (QED) is 0.213. The Morgan fingerprint density at radius 3 is 2.64 bits per heavy atom. The summed E-state index contributed by atoms with van der Waals surface area (Å²) in [5.41, 5.74) is 4.79. The average Bonchev–Trinajstić information content (AvgIpc) is 3.31. The predicted octanol–water partition coefficient (Wildman–Crippen LogP) is 5.97. The number of pyridine rings is 1. The molecule has 0 saturated carbocycles. The Bertz CT molecular complexity index is 1600. The molecule has 0 amide bonds. The molecule has 2 aliphatic rings. The maximum Gasteiger partial charge on any atom is 0.329 e. The van der Waals surface area contributed by atoms with E-state index in [9.17, 15) is 10.1 Å². The molecular formula is C33H42BN6O4Si. The molecule has 10 nitrogen and oxygen atoms in total. The van der Waals surface area contributed by atoms with Crippen molar-refractivity contribution in [3.8, 4) is 23.2 Å². The zero-order chi connectivity index (χ0) is 32.4. The van der Waals surface area contributed by atoms with Gasteiger partial charge in [-0.25, -0.2) is 15.0 Å². The van der Waals surface area contributed by atoms with Crippen LogP contribution in [0.4, 0.5) is 17.3 Å². The molecule has 12 heteroatoms. The van der Waals surface area contributed by atoms with Crippen molar-refractivity contribution in [2.45, 2.75) is 70.0 Å². The van der Waals surface area contributed by atoms with E-state index < -0.39 is 13.7 Å². The van der Waals surface area contributed by atoms with Crippen LogP contribution in [-0.4, -0.2) is 70.3 Å². The number of carbonyl (C=O) groups excluding carboxylic acids is 1. The molecule has 0 unspecified atom stereocenters. The fraction of sp³-hybridized carbons (Fsp3) is 0.485. The summed E-state index contributed by atoms with van der Waals surface area (Å²) in [6, 6.07) is 12.0. The highest BCUT2D eigenvalue weighted by molar-refractivity contribution is 6.74. The Balaban J connectivity index is 1.47. The molecular weight excluding hydrogens is 583 g/mol. The number of benzene rings is 1. The van der Waals surface area contributed by atoms with Gasteiger partial charge in [-0.05, 0) is 66.9 Å². The van der Waals surface area contributed by atoms with Gasteiger partial charge in [0.1, 0.15) is 17.9 Å². The summed E-state index contributed by atoms with van der Waals surface area (Å²) in [7, 11) is 1.04. The van der Waals surface area contributed by atoms with Crippen molar-refractivity contribution in [1.29, 1.82) is 5.26 Å². The summed E-state index contributed by atoms with van der Waals surface area (Å²) in [6.07, 6.45) is 4.32. The van der Waals surface area contributed by atoms with E-state index in [1.165, 1.54) is 7.41 Å². The summed E-state index contributed by atoms with van der Waals surface area (Å²) in [6.45, 7) is 15.7. The SMILES string of the molecule is COc1nc(C2CCOCC2)ccc1Nc1nccc(-c2cc(C#N)c3c(c2)[C@@](C)(CO[Si](C)(C)C(C)(C)C)CN3[B]C=O)n1. The van der Waals surface area contributed by atoms with E-state index in [4.69, 9.17) is 23.9 Å². The number of hydrogen-bond donors (Lipinski definition) is 1. The van der Waals surface area contributed by atoms with Crippen LogP contribution in [0.2, 0.25) is 18.1 Å². The van der Waals surface area contributed by atoms with E-state index >= 15 is 0 Å². The fourth-order valence-corrected chi connectivity index (χ4v) is 6.80. The van der Waals surface area contributed by atoms with E-state index in [2.05, 4.69) is 63.2 Å². The number of carbonyl (C=O) groups is 1. The predicted molar refractivity (Wildman–Crippen MR) is 179 cm³/mol. The third-order valence-corrected chi connectivity index (χ3v) is 13.9. The topological polar surface area (TPSA) is 122 Å². The number of methoxy groups -OCH3 is 1. The first-order valence-corrected chi connectivity index (χ1v) is 18.3. The Morgan fingerprint density at radius 1 is 1.22 bits per heavy atom. The lowest BCUT2D eigenvalue weighted by Gasteiger charge is -2.39. The molecule has 1 saturated heterocycles. The number of hydrogen-bond acceptors (Lipinski definition) is 10. The molecule has 5 rings (SSSR count). The minimum absolute atomic E-state index is 0.0484. The van der Waals surface area contributed by atoms with Gasteiger partial charge in [-0.2, -0.15) is 5.26 Å². The minimum Gasteiger partial charge on any atom is -0.480 e. The first kappa shape index (κ1) is 32.6. The van der Waals surface area contributed by atoms with Gasteiger partial charge in [0.05, 0.1) is 18.4 Å². The molecule has 1 N–H and O–H groups in total. The number of nitriles is 1. The highest BCUT2D eigenvalue weighted by Gasteiger charge is 2.44. The number of rotatable bonds is 10. The minimum atomic E-state index is -2.06. The fourth-order valence-electron chi connectivity index (χ4n) is 5.68. The number of nitrogens with zero attached hydrogens (tertiary/aromatic N) is 5. The molecule has 1 aromatic carbocycles. The van der Waals surface area contributed by atoms with Crippen LogP contribution in [0.3, 0.4) is 0 Å². The third kappa shape index (κ3) is 6.76. The molecule has 1 radical (unpaired) electrons. The summed E-state index contributed by atoms with van der Waals surface area (Å²) in [4.78, 5) is 27.5. The number of fused-ring (bicyclic) bond motifs is 1. The Labute approximate surface area is 267 Å². The highest BCUT2D eigenvalue weighted by atomic mass is 28.4. The molecule has 0 spiro atoms. The number of aromatic nitrogens is 3. The third-order valence-electron chi connectivity index (χ3n) is 9.40. The number of ether oxygens (including phenoxy) is 2. The monoisotopic (exact) mass is 625 g/mol.